The number of carboxylic acids is 1. The summed E-state index contributed by atoms with van der Waals surface area (Å²) in [6.45, 7) is 4.88. The number of rotatable bonds is 3. The molecule has 1 N–H and O–H groups in total. The Kier molecular flexibility index (Phi) is 2.28. The van der Waals surface area contributed by atoms with Crippen molar-refractivity contribution in [3.05, 3.63) is 0 Å². The highest BCUT2D eigenvalue weighted by Gasteiger charge is 2.44. The van der Waals surface area contributed by atoms with Crippen LogP contribution in [0.25, 0.3) is 0 Å². The molecular formula is C10H17NO2. The molecular weight excluding hydrogens is 166 g/mol. The number of hydrogen-bond acceptors (Lipinski definition) is 2. The lowest BCUT2D eigenvalue weighted by Gasteiger charge is -2.12. The average Bonchev–Trinajstić information content (AvgIpc) is 2.84. The molecule has 1 saturated heterocycles. The maximum absolute atomic E-state index is 11.0. The van der Waals surface area contributed by atoms with Gasteiger partial charge in [-0.25, -0.2) is 0 Å². The van der Waals surface area contributed by atoms with Crippen molar-refractivity contribution in [2.24, 2.45) is 17.8 Å². The Hall–Kier alpha value is -0.570. The molecule has 2 rings (SSSR count). The fraction of sp³-hybridized carbons (Fsp3) is 0.900. The summed E-state index contributed by atoms with van der Waals surface area (Å²) < 4.78 is 0. The molecule has 2 atom stereocenters. The summed E-state index contributed by atoms with van der Waals surface area (Å²) in [6, 6.07) is 0. The van der Waals surface area contributed by atoms with Crippen molar-refractivity contribution in [2.45, 2.75) is 19.8 Å². The van der Waals surface area contributed by atoms with Crippen LogP contribution in [-0.4, -0.2) is 35.6 Å². The first-order valence-corrected chi connectivity index (χ1v) is 5.17. The fourth-order valence-electron chi connectivity index (χ4n) is 2.43. The van der Waals surface area contributed by atoms with Crippen LogP contribution in [0.15, 0.2) is 0 Å². The van der Waals surface area contributed by atoms with E-state index in [-0.39, 0.29) is 5.92 Å². The van der Waals surface area contributed by atoms with E-state index in [1.807, 2.05) is 0 Å². The molecule has 2 aliphatic rings. The molecule has 0 aromatic carbocycles. The van der Waals surface area contributed by atoms with Crippen molar-refractivity contribution >= 4 is 5.97 Å². The second-order valence-electron chi connectivity index (χ2n) is 4.30. The zero-order chi connectivity index (χ0) is 9.42. The normalized spacial score (nSPS) is 35.2. The summed E-state index contributed by atoms with van der Waals surface area (Å²) >= 11 is 0. The Morgan fingerprint density at radius 3 is 2.62 bits per heavy atom. The van der Waals surface area contributed by atoms with E-state index >= 15 is 0 Å². The van der Waals surface area contributed by atoms with Gasteiger partial charge in [-0.3, -0.25) is 4.79 Å². The molecule has 74 valence electrons. The Labute approximate surface area is 78.7 Å². The van der Waals surface area contributed by atoms with E-state index in [1.165, 1.54) is 12.8 Å². The number of aliphatic carboxylic acids is 1. The Morgan fingerprint density at radius 1 is 1.46 bits per heavy atom. The molecule has 1 heterocycles. The van der Waals surface area contributed by atoms with Crippen LogP contribution in [0.1, 0.15) is 19.8 Å². The standard InChI is InChI=1S/C10H17NO2/c1-2-11-5-8(7-3-4-7)9(6-11)10(12)13/h7-9H,2-6H2,1H3,(H,12,13). The SMILES string of the molecule is CCN1CC(C(=O)O)C(C2CC2)C1. The number of carboxylic acid groups (broad SMARTS) is 1. The van der Waals surface area contributed by atoms with Crippen molar-refractivity contribution in [3.8, 4) is 0 Å². The molecule has 2 fully saturated rings. The lowest BCUT2D eigenvalue weighted by Crippen LogP contribution is -2.24. The molecule has 0 spiro atoms. The highest BCUT2D eigenvalue weighted by molar-refractivity contribution is 5.71. The maximum Gasteiger partial charge on any atom is 0.308 e. The molecule has 0 bridgehead atoms. The molecule has 1 aliphatic carbocycles. The van der Waals surface area contributed by atoms with Crippen LogP contribution in [0.4, 0.5) is 0 Å². The number of hydrogen-bond donors (Lipinski definition) is 1. The van der Waals surface area contributed by atoms with Crippen molar-refractivity contribution in [2.75, 3.05) is 19.6 Å². The topological polar surface area (TPSA) is 40.5 Å². The van der Waals surface area contributed by atoms with Gasteiger partial charge in [0.05, 0.1) is 5.92 Å². The second kappa shape index (κ2) is 3.29. The van der Waals surface area contributed by atoms with Gasteiger partial charge in [-0.05, 0) is 31.2 Å². The van der Waals surface area contributed by atoms with Gasteiger partial charge in [0.15, 0.2) is 0 Å². The Bertz CT molecular complexity index is 213. The highest BCUT2D eigenvalue weighted by Crippen LogP contribution is 2.43. The average molecular weight is 183 g/mol. The van der Waals surface area contributed by atoms with Crippen LogP contribution >= 0.6 is 0 Å². The van der Waals surface area contributed by atoms with Crippen molar-refractivity contribution in [3.63, 3.8) is 0 Å². The Morgan fingerprint density at radius 2 is 2.15 bits per heavy atom. The van der Waals surface area contributed by atoms with Gasteiger partial charge in [-0.2, -0.15) is 0 Å². The summed E-state index contributed by atoms with van der Waals surface area (Å²) in [5.74, 6) is 0.482. The summed E-state index contributed by atoms with van der Waals surface area (Å²) in [5.41, 5.74) is 0. The van der Waals surface area contributed by atoms with Crippen LogP contribution in [0.5, 0.6) is 0 Å². The van der Waals surface area contributed by atoms with E-state index in [9.17, 15) is 4.79 Å². The maximum atomic E-state index is 11.0. The van der Waals surface area contributed by atoms with Crippen molar-refractivity contribution in [1.82, 2.24) is 4.90 Å². The Balaban J connectivity index is 2.02. The van der Waals surface area contributed by atoms with Gasteiger partial charge < -0.3 is 10.0 Å². The van der Waals surface area contributed by atoms with Gasteiger partial charge in [0, 0.05) is 13.1 Å². The van der Waals surface area contributed by atoms with Gasteiger partial charge >= 0.3 is 5.97 Å². The van der Waals surface area contributed by atoms with Gasteiger partial charge in [0.25, 0.3) is 0 Å². The molecule has 3 heteroatoms. The van der Waals surface area contributed by atoms with E-state index in [0.717, 1.165) is 25.6 Å². The van der Waals surface area contributed by atoms with E-state index in [4.69, 9.17) is 5.11 Å². The molecule has 0 radical (unpaired) electrons. The summed E-state index contributed by atoms with van der Waals surface area (Å²) in [5, 5.41) is 9.05. The highest BCUT2D eigenvalue weighted by atomic mass is 16.4. The molecule has 13 heavy (non-hydrogen) atoms. The van der Waals surface area contributed by atoms with Gasteiger partial charge in [0.2, 0.25) is 0 Å². The van der Waals surface area contributed by atoms with E-state index in [2.05, 4.69) is 11.8 Å². The zero-order valence-corrected chi connectivity index (χ0v) is 8.07. The van der Waals surface area contributed by atoms with E-state index in [0.29, 0.717) is 5.92 Å². The molecule has 1 saturated carbocycles. The van der Waals surface area contributed by atoms with Crippen LogP contribution < -0.4 is 0 Å². The molecule has 0 aromatic heterocycles. The first kappa shape index (κ1) is 9.00. The zero-order valence-electron chi connectivity index (χ0n) is 8.07. The van der Waals surface area contributed by atoms with E-state index < -0.39 is 5.97 Å². The largest absolute Gasteiger partial charge is 0.481 e. The van der Waals surface area contributed by atoms with Crippen molar-refractivity contribution < 1.29 is 9.90 Å². The molecule has 3 nitrogen and oxygen atoms in total. The van der Waals surface area contributed by atoms with Crippen molar-refractivity contribution in [1.29, 1.82) is 0 Å². The number of carbonyl (C=O) groups is 1. The summed E-state index contributed by atoms with van der Waals surface area (Å²) in [7, 11) is 0. The van der Waals surface area contributed by atoms with Crippen LogP contribution in [0.2, 0.25) is 0 Å². The predicted octanol–water partition coefficient (Wildman–Crippen LogP) is 1.05. The lowest BCUT2D eigenvalue weighted by atomic mass is 9.92. The summed E-state index contributed by atoms with van der Waals surface area (Å²) in [4.78, 5) is 13.2. The smallest absolute Gasteiger partial charge is 0.308 e. The molecule has 0 aromatic rings. The number of nitrogens with zero attached hydrogens (tertiary/aromatic N) is 1. The number of likely N-dealkylation sites (tertiary alicyclic amines) is 1. The van der Waals surface area contributed by atoms with Gasteiger partial charge in [-0.15, -0.1) is 0 Å². The third-order valence-electron chi connectivity index (χ3n) is 3.43. The minimum Gasteiger partial charge on any atom is -0.481 e. The minimum absolute atomic E-state index is 0.0903. The van der Waals surface area contributed by atoms with Gasteiger partial charge in [-0.1, -0.05) is 6.92 Å². The quantitative estimate of drug-likeness (QED) is 0.711. The molecule has 1 aliphatic heterocycles. The predicted molar refractivity (Wildman–Crippen MR) is 49.5 cm³/mol. The third-order valence-corrected chi connectivity index (χ3v) is 3.43. The molecule has 2 unspecified atom stereocenters. The summed E-state index contributed by atoms with van der Waals surface area (Å²) in [6.07, 6.45) is 2.51. The van der Waals surface area contributed by atoms with Crippen LogP contribution in [0.3, 0.4) is 0 Å². The van der Waals surface area contributed by atoms with Crippen LogP contribution in [0, 0.1) is 17.8 Å². The van der Waals surface area contributed by atoms with E-state index in [1.54, 1.807) is 0 Å². The fourth-order valence-corrected chi connectivity index (χ4v) is 2.43. The monoisotopic (exact) mass is 183 g/mol. The minimum atomic E-state index is -0.590. The first-order valence-electron chi connectivity index (χ1n) is 5.17. The second-order valence-corrected chi connectivity index (χ2v) is 4.30. The first-order chi connectivity index (χ1) is 6.22. The third kappa shape index (κ3) is 1.70. The lowest BCUT2D eigenvalue weighted by molar-refractivity contribution is -0.142. The molecule has 0 amide bonds. The van der Waals surface area contributed by atoms with Gasteiger partial charge in [0.1, 0.15) is 0 Å². The van der Waals surface area contributed by atoms with Crippen LogP contribution in [-0.2, 0) is 4.79 Å².